The van der Waals surface area contributed by atoms with Crippen LogP contribution in [-0.4, -0.2) is 35.8 Å². The molecule has 2 atom stereocenters. The number of rotatable bonds is 3. The SMILES string of the molecule is CC(C)O[C@@H]1[C@@H]2CCCN2C(=O)N1c1ccccc1. The first-order chi connectivity index (χ1) is 9.18. The zero-order valence-electron chi connectivity index (χ0n) is 11.5. The van der Waals surface area contributed by atoms with Gasteiger partial charge in [-0.3, -0.25) is 4.90 Å². The molecule has 102 valence electrons. The van der Waals surface area contributed by atoms with Crippen LogP contribution in [-0.2, 0) is 4.74 Å². The number of para-hydroxylation sites is 1. The van der Waals surface area contributed by atoms with E-state index in [1.807, 2.05) is 54.0 Å². The molecular formula is C15H20N2O2. The zero-order chi connectivity index (χ0) is 13.4. The molecule has 4 heteroatoms. The van der Waals surface area contributed by atoms with Crippen LogP contribution in [0, 0.1) is 0 Å². The normalized spacial score (nSPS) is 26.4. The van der Waals surface area contributed by atoms with Gasteiger partial charge in [0.15, 0.2) is 6.23 Å². The molecule has 0 aromatic heterocycles. The van der Waals surface area contributed by atoms with Crippen molar-refractivity contribution in [2.45, 2.75) is 45.1 Å². The van der Waals surface area contributed by atoms with Crippen LogP contribution in [0.3, 0.4) is 0 Å². The number of anilines is 1. The number of urea groups is 1. The summed E-state index contributed by atoms with van der Waals surface area (Å²) in [6.07, 6.45) is 2.07. The van der Waals surface area contributed by atoms with Crippen LogP contribution in [0.25, 0.3) is 0 Å². The summed E-state index contributed by atoms with van der Waals surface area (Å²) in [6.45, 7) is 4.89. The van der Waals surface area contributed by atoms with Gasteiger partial charge in [0.1, 0.15) is 0 Å². The maximum atomic E-state index is 12.6. The highest BCUT2D eigenvalue weighted by Gasteiger charge is 2.49. The standard InChI is InChI=1S/C15H20N2O2/c1-11(2)19-14-13-9-6-10-16(13)15(18)17(14)12-7-4-3-5-8-12/h3-5,7-8,11,13-14H,6,9-10H2,1-2H3/t13-,14+/m0/s1. The number of ether oxygens (including phenoxy) is 1. The largest absolute Gasteiger partial charge is 0.353 e. The van der Waals surface area contributed by atoms with E-state index in [1.165, 1.54) is 0 Å². The Kier molecular flexibility index (Phi) is 3.19. The van der Waals surface area contributed by atoms with Crippen LogP contribution in [0.5, 0.6) is 0 Å². The molecule has 2 amide bonds. The fourth-order valence-electron chi connectivity index (χ4n) is 3.02. The van der Waals surface area contributed by atoms with Crippen molar-refractivity contribution in [2.24, 2.45) is 0 Å². The van der Waals surface area contributed by atoms with Crippen molar-refractivity contribution in [3.05, 3.63) is 30.3 Å². The second kappa shape index (κ2) is 4.85. The third-order valence-corrected chi connectivity index (χ3v) is 3.78. The quantitative estimate of drug-likeness (QED) is 0.837. The summed E-state index contributed by atoms with van der Waals surface area (Å²) in [5.74, 6) is 0. The summed E-state index contributed by atoms with van der Waals surface area (Å²) in [6, 6.07) is 10.1. The van der Waals surface area contributed by atoms with Crippen molar-refractivity contribution in [1.29, 1.82) is 0 Å². The number of amides is 2. The van der Waals surface area contributed by atoms with Gasteiger partial charge in [-0.2, -0.15) is 0 Å². The topological polar surface area (TPSA) is 32.8 Å². The summed E-state index contributed by atoms with van der Waals surface area (Å²) in [7, 11) is 0. The summed E-state index contributed by atoms with van der Waals surface area (Å²) in [5.41, 5.74) is 0.924. The first-order valence-electron chi connectivity index (χ1n) is 6.99. The first kappa shape index (κ1) is 12.5. The second-order valence-corrected chi connectivity index (χ2v) is 5.47. The van der Waals surface area contributed by atoms with Gasteiger partial charge in [-0.15, -0.1) is 0 Å². The van der Waals surface area contributed by atoms with Crippen molar-refractivity contribution < 1.29 is 9.53 Å². The van der Waals surface area contributed by atoms with Gasteiger partial charge in [0, 0.05) is 12.2 Å². The molecule has 0 radical (unpaired) electrons. The van der Waals surface area contributed by atoms with E-state index in [-0.39, 0.29) is 24.4 Å². The van der Waals surface area contributed by atoms with Gasteiger partial charge in [-0.25, -0.2) is 4.79 Å². The van der Waals surface area contributed by atoms with E-state index in [2.05, 4.69) is 0 Å². The van der Waals surface area contributed by atoms with Crippen LogP contribution in [0.4, 0.5) is 10.5 Å². The Labute approximate surface area is 113 Å². The van der Waals surface area contributed by atoms with E-state index in [0.29, 0.717) is 0 Å². The number of hydrogen-bond acceptors (Lipinski definition) is 2. The molecule has 0 saturated carbocycles. The molecule has 0 aliphatic carbocycles. The van der Waals surface area contributed by atoms with E-state index in [1.54, 1.807) is 0 Å². The molecule has 0 bridgehead atoms. The smallest absolute Gasteiger partial charge is 0.327 e. The molecule has 2 fully saturated rings. The van der Waals surface area contributed by atoms with Crippen LogP contribution in [0.1, 0.15) is 26.7 Å². The molecule has 0 N–H and O–H groups in total. The number of fused-ring (bicyclic) bond motifs is 1. The molecule has 2 aliphatic heterocycles. The highest BCUT2D eigenvalue weighted by Crippen LogP contribution is 2.35. The summed E-state index contributed by atoms with van der Waals surface area (Å²) < 4.78 is 6.03. The Bertz CT molecular complexity index is 460. The van der Waals surface area contributed by atoms with Gasteiger partial charge >= 0.3 is 6.03 Å². The van der Waals surface area contributed by atoms with Crippen molar-refractivity contribution in [1.82, 2.24) is 4.90 Å². The molecule has 2 saturated heterocycles. The molecule has 0 unspecified atom stereocenters. The number of hydrogen-bond donors (Lipinski definition) is 0. The molecule has 2 aliphatic rings. The molecule has 1 aromatic rings. The fraction of sp³-hybridized carbons (Fsp3) is 0.533. The first-order valence-corrected chi connectivity index (χ1v) is 6.99. The molecule has 4 nitrogen and oxygen atoms in total. The van der Waals surface area contributed by atoms with Crippen molar-refractivity contribution in [3.8, 4) is 0 Å². The summed E-state index contributed by atoms with van der Waals surface area (Å²) in [5, 5.41) is 0. The van der Waals surface area contributed by atoms with Gasteiger partial charge in [0.25, 0.3) is 0 Å². The molecule has 2 heterocycles. The van der Waals surface area contributed by atoms with Crippen molar-refractivity contribution >= 4 is 11.7 Å². The summed E-state index contributed by atoms with van der Waals surface area (Å²) >= 11 is 0. The van der Waals surface area contributed by atoms with Crippen LogP contribution >= 0.6 is 0 Å². The Morgan fingerprint density at radius 1 is 1.26 bits per heavy atom. The lowest BCUT2D eigenvalue weighted by Crippen LogP contribution is -2.40. The molecule has 1 aromatic carbocycles. The van der Waals surface area contributed by atoms with Gasteiger partial charge in [-0.1, -0.05) is 18.2 Å². The average Bonchev–Trinajstić information content (AvgIpc) is 2.95. The molecule has 3 rings (SSSR count). The lowest BCUT2D eigenvalue weighted by atomic mass is 10.2. The van der Waals surface area contributed by atoms with E-state index in [9.17, 15) is 4.79 Å². The van der Waals surface area contributed by atoms with Crippen molar-refractivity contribution in [2.75, 3.05) is 11.4 Å². The minimum atomic E-state index is -0.155. The Balaban J connectivity index is 1.94. The van der Waals surface area contributed by atoms with Gasteiger partial charge < -0.3 is 9.64 Å². The van der Waals surface area contributed by atoms with E-state index < -0.39 is 0 Å². The third kappa shape index (κ3) is 2.10. The number of carbonyl (C=O) groups excluding carboxylic acids is 1. The van der Waals surface area contributed by atoms with Crippen LogP contribution in [0.2, 0.25) is 0 Å². The molecular weight excluding hydrogens is 240 g/mol. The Hall–Kier alpha value is -1.55. The van der Waals surface area contributed by atoms with E-state index in [0.717, 1.165) is 25.1 Å². The fourth-order valence-corrected chi connectivity index (χ4v) is 3.02. The number of benzene rings is 1. The minimum Gasteiger partial charge on any atom is -0.353 e. The third-order valence-electron chi connectivity index (χ3n) is 3.78. The van der Waals surface area contributed by atoms with Crippen molar-refractivity contribution in [3.63, 3.8) is 0 Å². The minimum absolute atomic E-state index is 0.0827. The predicted molar refractivity (Wildman–Crippen MR) is 74.1 cm³/mol. The average molecular weight is 260 g/mol. The van der Waals surface area contributed by atoms with E-state index >= 15 is 0 Å². The highest BCUT2D eigenvalue weighted by molar-refractivity contribution is 5.95. The maximum Gasteiger partial charge on any atom is 0.327 e. The van der Waals surface area contributed by atoms with Crippen LogP contribution in [0.15, 0.2) is 30.3 Å². The zero-order valence-corrected chi connectivity index (χ0v) is 11.5. The number of carbonyl (C=O) groups is 1. The lowest BCUT2D eigenvalue weighted by molar-refractivity contribution is -0.00477. The number of nitrogens with zero attached hydrogens (tertiary/aromatic N) is 2. The Morgan fingerprint density at radius 2 is 2.00 bits per heavy atom. The van der Waals surface area contributed by atoms with Gasteiger partial charge in [0.2, 0.25) is 0 Å². The van der Waals surface area contributed by atoms with E-state index in [4.69, 9.17) is 4.74 Å². The molecule has 0 spiro atoms. The maximum absolute atomic E-state index is 12.6. The predicted octanol–water partition coefficient (Wildman–Crippen LogP) is 2.84. The highest BCUT2D eigenvalue weighted by atomic mass is 16.5. The molecule has 19 heavy (non-hydrogen) atoms. The van der Waals surface area contributed by atoms with Gasteiger partial charge in [-0.05, 0) is 38.8 Å². The monoisotopic (exact) mass is 260 g/mol. The Morgan fingerprint density at radius 3 is 2.68 bits per heavy atom. The lowest BCUT2D eigenvalue weighted by Gasteiger charge is -2.27. The van der Waals surface area contributed by atoms with Gasteiger partial charge in [0.05, 0.1) is 12.1 Å². The second-order valence-electron chi connectivity index (χ2n) is 5.47. The summed E-state index contributed by atoms with van der Waals surface area (Å²) in [4.78, 5) is 16.3. The van der Waals surface area contributed by atoms with Crippen LogP contribution < -0.4 is 4.90 Å².